The third-order valence-corrected chi connectivity index (χ3v) is 1.06. The first kappa shape index (κ1) is 10.5. The SMILES string of the molecule is CC(C)NCC#CC(C)(C)C. The van der Waals surface area contributed by atoms with Gasteiger partial charge in [-0.3, -0.25) is 0 Å². The smallest absolute Gasteiger partial charge is 0.0578 e. The topological polar surface area (TPSA) is 12.0 Å². The molecule has 0 amide bonds. The van der Waals surface area contributed by atoms with E-state index < -0.39 is 0 Å². The van der Waals surface area contributed by atoms with Gasteiger partial charge in [0.25, 0.3) is 0 Å². The molecule has 64 valence electrons. The van der Waals surface area contributed by atoms with Crippen LogP contribution in [0.3, 0.4) is 0 Å². The van der Waals surface area contributed by atoms with Gasteiger partial charge in [-0.15, -0.1) is 0 Å². The minimum absolute atomic E-state index is 0.138. The summed E-state index contributed by atoms with van der Waals surface area (Å²) in [5.74, 6) is 6.26. The molecule has 0 radical (unpaired) electrons. The van der Waals surface area contributed by atoms with Gasteiger partial charge >= 0.3 is 0 Å². The van der Waals surface area contributed by atoms with E-state index >= 15 is 0 Å². The summed E-state index contributed by atoms with van der Waals surface area (Å²) < 4.78 is 0. The fraction of sp³-hybridized carbons (Fsp3) is 0.800. The van der Waals surface area contributed by atoms with Crippen molar-refractivity contribution in [2.45, 2.75) is 40.7 Å². The van der Waals surface area contributed by atoms with Gasteiger partial charge in [0.05, 0.1) is 6.54 Å². The number of hydrogen-bond donors (Lipinski definition) is 1. The van der Waals surface area contributed by atoms with Crippen molar-refractivity contribution in [2.75, 3.05) is 6.54 Å². The van der Waals surface area contributed by atoms with E-state index in [1.54, 1.807) is 0 Å². The Morgan fingerprint density at radius 3 is 2.18 bits per heavy atom. The first-order chi connectivity index (χ1) is 4.92. The molecule has 0 aromatic heterocycles. The molecule has 0 heterocycles. The highest BCUT2D eigenvalue weighted by Crippen LogP contribution is 2.09. The van der Waals surface area contributed by atoms with Gasteiger partial charge in [-0.25, -0.2) is 0 Å². The van der Waals surface area contributed by atoms with Crippen molar-refractivity contribution < 1.29 is 0 Å². The fourth-order valence-corrected chi connectivity index (χ4v) is 0.565. The maximum absolute atomic E-state index is 3.24. The summed E-state index contributed by atoms with van der Waals surface area (Å²) >= 11 is 0. The summed E-state index contributed by atoms with van der Waals surface area (Å²) in [7, 11) is 0. The van der Waals surface area contributed by atoms with E-state index in [2.05, 4.69) is 51.8 Å². The van der Waals surface area contributed by atoms with Crippen LogP contribution in [0.15, 0.2) is 0 Å². The number of nitrogens with one attached hydrogen (secondary N) is 1. The first-order valence-electron chi connectivity index (χ1n) is 4.15. The molecule has 0 aromatic carbocycles. The van der Waals surface area contributed by atoms with E-state index in [9.17, 15) is 0 Å². The molecule has 11 heavy (non-hydrogen) atoms. The van der Waals surface area contributed by atoms with Crippen LogP contribution in [0.4, 0.5) is 0 Å². The van der Waals surface area contributed by atoms with E-state index in [1.165, 1.54) is 0 Å². The van der Waals surface area contributed by atoms with Crippen LogP contribution >= 0.6 is 0 Å². The van der Waals surface area contributed by atoms with Crippen molar-refractivity contribution in [1.82, 2.24) is 5.32 Å². The molecule has 0 bridgehead atoms. The van der Waals surface area contributed by atoms with Crippen LogP contribution in [0.2, 0.25) is 0 Å². The Labute approximate surface area is 70.6 Å². The second-order valence-electron chi connectivity index (χ2n) is 4.09. The molecule has 0 saturated heterocycles. The van der Waals surface area contributed by atoms with Crippen molar-refractivity contribution in [3.05, 3.63) is 0 Å². The van der Waals surface area contributed by atoms with Gasteiger partial charge in [-0.05, 0) is 34.6 Å². The van der Waals surface area contributed by atoms with Crippen molar-refractivity contribution >= 4 is 0 Å². The zero-order chi connectivity index (χ0) is 8.91. The molecule has 1 nitrogen and oxygen atoms in total. The Morgan fingerprint density at radius 1 is 1.27 bits per heavy atom. The Balaban J connectivity index is 3.57. The first-order valence-corrected chi connectivity index (χ1v) is 4.15. The van der Waals surface area contributed by atoms with E-state index in [0.29, 0.717) is 6.04 Å². The Hall–Kier alpha value is -0.480. The second-order valence-corrected chi connectivity index (χ2v) is 4.09. The van der Waals surface area contributed by atoms with Crippen molar-refractivity contribution in [3.8, 4) is 11.8 Å². The molecule has 0 atom stereocenters. The van der Waals surface area contributed by atoms with E-state index in [1.807, 2.05) is 0 Å². The summed E-state index contributed by atoms with van der Waals surface area (Å²) in [6, 6.07) is 0.532. The van der Waals surface area contributed by atoms with Crippen LogP contribution in [-0.4, -0.2) is 12.6 Å². The molecular formula is C10H19N. The fourth-order valence-electron chi connectivity index (χ4n) is 0.565. The third kappa shape index (κ3) is 9.52. The van der Waals surface area contributed by atoms with Crippen LogP contribution in [0.25, 0.3) is 0 Å². The molecule has 0 aliphatic rings. The molecule has 0 unspecified atom stereocenters. The van der Waals surface area contributed by atoms with Gasteiger partial charge in [0, 0.05) is 11.5 Å². The molecule has 0 fully saturated rings. The number of hydrogen-bond acceptors (Lipinski definition) is 1. The summed E-state index contributed by atoms with van der Waals surface area (Å²) in [6.07, 6.45) is 0. The lowest BCUT2D eigenvalue weighted by Crippen LogP contribution is -2.22. The lowest BCUT2D eigenvalue weighted by molar-refractivity contribution is 0.568. The monoisotopic (exact) mass is 153 g/mol. The Kier molecular flexibility index (Phi) is 4.22. The third-order valence-electron chi connectivity index (χ3n) is 1.06. The van der Waals surface area contributed by atoms with Crippen molar-refractivity contribution in [3.63, 3.8) is 0 Å². The largest absolute Gasteiger partial charge is 0.304 e. The maximum atomic E-state index is 3.24. The van der Waals surface area contributed by atoms with Crippen molar-refractivity contribution in [1.29, 1.82) is 0 Å². The second kappa shape index (κ2) is 4.41. The van der Waals surface area contributed by atoms with Crippen LogP contribution < -0.4 is 5.32 Å². The maximum Gasteiger partial charge on any atom is 0.0578 e. The lowest BCUT2D eigenvalue weighted by Gasteiger charge is -2.07. The minimum atomic E-state index is 0.138. The molecule has 0 aliphatic heterocycles. The average molecular weight is 153 g/mol. The Morgan fingerprint density at radius 2 is 1.82 bits per heavy atom. The summed E-state index contributed by atoms with van der Waals surface area (Å²) in [5, 5.41) is 3.24. The molecule has 0 rings (SSSR count). The van der Waals surface area contributed by atoms with Crippen LogP contribution in [0, 0.1) is 17.3 Å². The van der Waals surface area contributed by atoms with Gasteiger partial charge in [0.1, 0.15) is 0 Å². The van der Waals surface area contributed by atoms with Crippen LogP contribution in [0.1, 0.15) is 34.6 Å². The highest BCUT2D eigenvalue weighted by Gasteiger charge is 2.02. The van der Waals surface area contributed by atoms with Gasteiger partial charge in [-0.2, -0.15) is 0 Å². The lowest BCUT2D eigenvalue weighted by atomic mass is 9.98. The highest BCUT2D eigenvalue weighted by molar-refractivity contribution is 5.08. The Bertz CT molecular complexity index is 152. The summed E-state index contributed by atoms with van der Waals surface area (Å²) in [6.45, 7) is 11.4. The standard InChI is InChI=1S/C10H19N/c1-9(2)11-8-6-7-10(3,4)5/h9,11H,8H2,1-5H3. The van der Waals surface area contributed by atoms with Crippen LogP contribution in [-0.2, 0) is 0 Å². The predicted molar refractivity (Wildman–Crippen MR) is 50.4 cm³/mol. The molecule has 1 heteroatoms. The van der Waals surface area contributed by atoms with Gasteiger partial charge < -0.3 is 5.32 Å². The van der Waals surface area contributed by atoms with Gasteiger partial charge in [0.2, 0.25) is 0 Å². The highest BCUT2D eigenvalue weighted by atomic mass is 14.9. The predicted octanol–water partition coefficient (Wildman–Crippen LogP) is 2.03. The summed E-state index contributed by atoms with van der Waals surface area (Å²) in [5.41, 5.74) is 0.138. The summed E-state index contributed by atoms with van der Waals surface area (Å²) in [4.78, 5) is 0. The molecule has 0 aliphatic carbocycles. The molecule has 0 spiro atoms. The molecular weight excluding hydrogens is 134 g/mol. The quantitative estimate of drug-likeness (QED) is 0.599. The number of rotatable bonds is 2. The van der Waals surface area contributed by atoms with Crippen LogP contribution in [0.5, 0.6) is 0 Å². The molecule has 1 N–H and O–H groups in total. The van der Waals surface area contributed by atoms with Gasteiger partial charge in [0.15, 0.2) is 0 Å². The minimum Gasteiger partial charge on any atom is -0.304 e. The van der Waals surface area contributed by atoms with Gasteiger partial charge in [-0.1, -0.05) is 11.8 Å². The average Bonchev–Trinajstić information content (AvgIpc) is 1.78. The van der Waals surface area contributed by atoms with Crippen molar-refractivity contribution in [2.24, 2.45) is 5.41 Å². The normalized spacial score (nSPS) is 11.1. The zero-order valence-electron chi connectivity index (χ0n) is 8.28. The van der Waals surface area contributed by atoms with E-state index in [0.717, 1.165) is 6.54 Å². The van der Waals surface area contributed by atoms with E-state index in [-0.39, 0.29) is 5.41 Å². The van der Waals surface area contributed by atoms with E-state index in [4.69, 9.17) is 0 Å². The zero-order valence-corrected chi connectivity index (χ0v) is 8.28. The molecule has 0 aromatic rings. The molecule has 0 saturated carbocycles.